The van der Waals surface area contributed by atoms with Gasteiger partial charge >= 0.3 is 17.9 Å². The third-order valence-corrected chi connectivity index (χ3v) is 3.02. The summed E-state index contributed by atoms with van der Waals surface area (Å²) < 4.78 is 25.8. The second kappa shape index (κ2) is 8.80. The molecule has 1 heterocycles. The highest BCUT2D eigenvalue weighted by molar-refractivity contribution is 5.67. The molecule has 9 nitrogen and oxygen atoms in total. The van der Waals surface area contributed by atoms with Gasteiger partial charge in [-0.1, -0.05) is 0 Å². The maximum Gasteiger partial charge on any atom is 0.303 e. The maximum absolute atomic E-state index is 11.3. The molecule has 0 aromatic carbocycles. The zero-order chi connectivity index (χ0) is 17.6. The van der Waals surface area contributed by atoms with Crippen LogP contribution in [-0.2, 0) is 38.1 Å². The minimum atomic E-state index is -1.44. The normalized spacial score (nSPS) is 30.4. The molecule has 0 aromatic heterocycles. The third kappa shape index (κ3) is 5.77. The summed E-state index contributed by atoms with van der Waals surface area (Å²) in [7, 11) is 0. The van der Waals surface area contributed by atoms with Crippen LogP contribution in [0.15, 0.2) is 0 Å². The molecule has 0 radical (unpaired) electrons. The van der Waals surface area contributed by atoms with Crippen LogP contribution >= 0.6 is 0 Å². The lowest BCUT2D eigenvalue weighted by molar-refractivity contribution is -0.301. The molecule has 1 aliphatic rings. The molecule has 1 saturated heterocycles. The Bertz CT molecular complexity index is 436. The van der Waals surface area contributed by atoms with E-state index >= 15 is 0 Å². The van der Waals surface area contributed by atoms with Crippen LogP contribution in [0.25, 0.3) is 0 Å². The lowest BCUT2D eigenvalue weighted by Crippen LogP contribution is -2.62. The number of aliphatic hydroxyl groups is 1. The van der Waals surface area contributed by atoms with E-state index in [2.05, 4.69) is 0 Å². The van der Waals surface area contributed by atoms with Crippen LogP contribution in [0.1, 0.15) is 27.7 Å². The largest absolute Gasteiger partial charge is 0.463 e. The van der Waals surface area contributed by atoms with Gasteiger partial charge in [-0.2, -0.15) is 0 Å². The van der Waals surface area contributed by atoms with E-state index in [1.165, 1.54) is 20.8 Å². The van der Waals surface area contributed by atoms with E-state index < -0.39 is 48.6 Å². The van der Waals surface area contributed by atoms with Gasteiger partial charge in [-0.3, -0.25) is 14.4 Å². The summed E-state index contributed by atoms with van der Waals surface area (Å²) in [4.78, 5) is 33.7. The van der Waals surface area contributed by atoms with Crippen LogP contribution in [0, 0.1) is 0 Å². The van der Waals surface area contributed by atoms with Crippen molar-refractivity contribution in [1.82, 2.24) is 0 Å². The predicted octanol–water partition coefficient (Wildman–Crippen LogP) is -0.465. The molecule has 0 aromatic rings. The molecule has 1 fully saturated rings. The van der Waals surface area contributed by atoms with Crippen molar-refractivity contribution < 1.29 is 43.2 Å². The van der Waals surface area contributed by atoms with Crippen molar-refractivity contribution in [3.05, 3.63) is 0 Å². The van der Waals surface area contributed by atoms with Gasteiger partial charge in [0.05, 0.1) is 0 Å². The molecule has 0 bridgehead atoms. The van der Waals surface area contributed by atoms with Gasteiger partial charge < -0.3 is 28.8 Å². The van der Waals surface area contributed by atoms with E-state index in [9.17, 15) is 19.5 Å². The second-order valence-corrected chi connectivity index (χ2v) is 4.94. The SMILES string of the molecule is CCO[C@H]1[C@@H](OC(C)=O)[C@H](OC(C)=O)[C@@H](COC(C)=O)O[C@@H]1O. The quantitative estimate of drug-likeness (QED) is 0.508. The second-order valence-electron chi connectivity index (χ2n) is 4.94. The fourth-order valence-corrected chi connectivity index (χ4v) is 2.26. The van der Waals surface area contributed by atoms with Crippen molar-refractivity contribution >= 4 is 17.9 Å². The minimum Gasteiger partial charge on any atom is -0.463 e. The average Bonchev–Trinajstić information content (AvgIpc) is 2.42. The predicted molar refractivity (Wildman–Crippen MR) is 74.0 cm³/mol. The van der Waals surface area contributed by atoms with Crippen molar-refractivity contribution in [2.24, 2.45) is 0 Å². The molecular weight excluding hydrogens is 312 g/mol. The van der Waals surface area contributed by atoms with E-state index in [1.807, 2.05) is 0 Å². The van der Waals surface area contributed by atoms with Crippen molar-refractivity contribution in [2.75, 3.05) is 13.2 Å². The molecule has 0 amide bonds. The first-order valence-electron chi connectivity index (χ1n) is 7.19. The highest BCUT2D eigenvalue weighted by Gasteiger charge is 2.50. The van der Waals surface area contributed by atoms with Gasteiger partial charge in [-0.25, -0.2) is 0 Å². The Morgan fingerprint density at radius 3 is 2.00 bits per heavy atom. The third-order valence-electron chi connectivity index (χ3n) is 3.02. The van der Waals surface area contributed by atoms with Crippen molar-refractivity contribution in [3.63, 3.8) is 0 Å². The molecule has 0 aliphatic carbocycles. The highest BCUT2D eigenvalue weighted by atomic mass is 16.7. The van der Waals surface area contributed by atoms with Crippen molar-refractivity contribution in [3.8, 4) is 0 Å². The first kappa shape index (κ1) is 19.3. The molecule has 5 atom stereocenters. The zero-order valence-electron chi connectivity index (χ0n) is 13.5. The highest BCUT2D eigenvalue weighted by Crippen LogP contribution is 2.27. The van der Waals surface area contributed by atoms with Crippen molar-refractivity contribution in [2.45, 2.75) is 58.4 Å². The summed E-state index contributed by atoms with van der Waals surface area (Å²) in [5.74, 6) is -1.85. The molecule has 0 spiro atoms. The number of carbonyl (C=O) groups excluding carboxylic acids is 3. The molecular formula is C14H22O9. The number of aliphatic hydroxyl groups excluding tert-OH is 1. The molecule has 1 aliphatic heterocycles. The van der Waals surface area contributed by atoms with E-state index in [4.69, 9.17) is 23.7 Å². The summed E-state index contributed by atoms with van der Waals surface area (Å²) in [6.07, 6.45) is -5.66. The fourth-order valence-electron chi connectivity index (χ4n) is 2.26. The van der Waals surface area contributed by atoms with Crippen LogP contribution in [0.5, 0.6) is 0 Å². The minimum absolute atomic E-state index is 0.213. The lowest BCUT2D eigenvalue weighted by Gasteiger charge is -2.42. The van der Waals surface area contributed by atoms with Gasteiger partial charge in [-0.15, -0.1) is 0 Å². The van der Waals surface area contributed by atoms with Gasteiger partial charge in [0.15, 0.2) is 18.5 Å². The molecule has 9 heteroatoms. The molecule has 132 valence electrons. The molecule has 1 N–H and O–H groups in total. The van der Waals surface area contributed by atoms with Crippen LogP contribution in [0.4, 0.5) is 0 Å². The Morgan fingerprint density at radius 1 is 0.957 bits per heavy atom. The summed E-state index contributed by atoms with van der Waals surface area (Å²) >= 11 is 0. The molecule has 0 unspecified atom stereocenters. The van der Waals surface area contributed by atoms with E-state index in [0.717, 1.165) is 0 Å². The zero-order valence-corrected chi connectivity index (χ0v) is 13.5. The van der Waals surface area contributed by atoms with Gasteiger partial charge in [0, 0.05) is 27.4 Å². The van der Waals surface area contributed by atoms with Gasteiger partial charge in [0.1, 0.15) is 18.8 Å². The van der Waals surface area contributed by atoms with Crippen LogP contribution in [0.3, 0.4) is 0 Å². The Hall–Kier alpha value is -1.71. The number of carbonyl (C=O) groups is 3. The summed E-state index contributed by atoms with van der Waals surface area (Å²) in [5.41, 5.74) is 0. The summed E-state index contributed by atoms with van der Waals surface area (Å²) in [6.45, 7) is 5.17. The molecule has 0 saturated carbocycles. The Kier molecular flexibility index (Phi) is 7.40. The number of rotatable bonds is 6. The smallest absolute Gasteiger partial charge is 0.303 e. The standard InChI is InChI=1S/C14H22O9/c1-5-19-13-12(22-9(4)17)11(21-8(3)16)10(23-14(13)18)6-20-7(2)15/h10-14,18H,5-6H2,1-4H3/t10-,11-,12+,13+,14+/m1/s1. The number of esters is 3. The fraction of sp³-hybridized carbons (Fsp3) is 0.786. The maximum atomic E-state index is 11.3. The molecule has 1 rings (SSSR count). The topological polar surface area (TPSA) is 118 Å². The summed E-state index contributed by atoms with van der Waals surface area (Å²) in [5, 5.41) is 10.1. The first-order valence-corrected chi connectivity index (χ1v) is 7.19. The Labute approximate surface area is 133 Å². The number of hydrogen-bond donors (Lipinski definition) is 1. The van der Waals surface area contributed by atoms with Crippen LogP contribution < -0.4 is 0 Å². The van der Waals surface area contributed by atoms with E-state index in [0.29, 0.717) is 0 Å². The summed E-state index contributed by atoms with van der Waals surface area (Å²) in [6, 6.07) is 0. The molecule has 23 heavy (non-hydrogen) atoms. The Morgan fingerprint density at radius 2 is 1.52 bits per heavy atom. The first-order chi connectivity index (χ1) is 10.8. The Balaban J connectivity index is 3.04. The van der Waals surface area contributed by atoms with E-state index in [-0.39, 0.29) is 13.2 Å². The van der Waals surface area contributed by atoms with Gasteiger partial charge in [-0.05, 0) is 6.92 Å². The monoisotopic (exact) mass is 334 g/mol. The average molecular weight is 334 g/mol. The number of hydrogen-bond acceptors (Lipinski definition) is 9. The van der Waals surface area contributed by atoms with E-state index in [1.54, 1.807) is 6.92 Å². The van der Waals surface area contributed by atoms with Gasteiger partial charge in [0.25, 0.3) is 0 Å². The number of ether oxygens (including phenoxy) is 5. The van der Waals surface area contributed by atoms with Crippen LogP contribution in [0.2, 0.25) is 0 Å². The van der Waals surface area contributed by atoms with Crippen molar-refractivity contribution in [1.29, 1.82) is 0 Å². The van der Waals surface area contributed by atoms with Gasteiger partial charge in [0.2, 0.25) is 0 Å². The van der Waals surface area contributed by atoms with Crippen LogP contribution in [-0.4, -0.2) is 66.9 Å². The lowest BCUT2D eigenvalue weighted by atomic mass is 9.98.